The van der Waals surface area contributed by atoms with Crippen molar-refractivity contribution in [1.82, 2.24) is 9.80 Å². The molecular formula is C6H15Cl3N2. The molecule has 0 bridgehead atoms. The standard InChI is InChI=1S/C6H12N2.3ClH/c1-3-8-5-4-7(2)6-8;;;/h4-5H,3,6H2,1-2H3;3*1H. The predicted molar refractivity (Wildman–Crippen MR) is 55.9 cm³/mol. The molecule has 1 heterocycles. The molecule has 0 amide bonds. The maximum atomic E-state index is 2.25. The van der Waals surface area contributed by atoms with E-state index < -0.39 is 0 Å². The Labute approximate surface area is 86.8 Å². The lowest BCUT2D eigenvalue weighted by Gasteiger charge is -2.14. The van der Waals surface area contributed by atoms with E-state index in [-0.39, 0.29) is 37.2 Å². The van der Waals surface area contributed by atoms with Crippen molar-refractivity contribution in [3.8, 4) is 0 Å². The average molecular weight is 222 g/mol. The highest BCUT2D eigenvalue weighted by atomic mass is 35.5. The van der Waals surface area contributed by atoms with Gasteiger partial charge in [-0.05, 0) is 6.92 Å². The zero-order valence-corrected chi connectivity index (χ0v) is 9.14. The van der Waals surface area contributed by atoms with Crippen molar-refractivity contribution in [2.45, 2.75) is 6.92 Å². The molecule has 2 nitrogen and oxygen atoms in total. The molecule has 5 heteroatoms. The molecule has 0 spiro atoms. The van der Waals surface area contributed by atoms with Crippen molar-refractivity contribution in [3.63, 3.8) is 0 Å². The first-order valence-corrected chi connectivity index (χ1v) is 2.95. The number of rotatable bonds is 1. The summed E-state index contributed by atoms with van der Waals surface area (Å²) in [6.07, 6.45) is 4.20. The van der Waals surface area contributed by atoms with Crippen LogP contribution < -0.4 is 0 Å². The van der Waals surface area contributed by atoms with Gasteiger partial charge in [0.05, 0.1) is 6.67 Å². The average Bonchev–Trinajstić information content (AvgIpc) is 2.14. The maximum absolute atomic E-state index is 2.25. The molecule has 0 fully saturated rings. The quantitative estimate of drug-likeness (QED) is 0.668. The van der Waals surface area contributed by atoms with Crippen LogP contribution in [-0.4, -0.2) is 30.1 Å². The van der Waals surface area contributed by atoms with E-state index in [1.807, 2.05) is 0 Å². The van der Waals surface area contributed by atoms with Crippen molar-refractivity contribution >= 4 is 37.2 Å². The third-order valence-corrected chi connectivity index (χ3v) is 1.34. The molecule has 0 aromatic heterocycles. The molecule has 0 unspecified atom stereocenters. The Kier molecular flexibility index (Phi) is 13.1. The highest BCUT2D eigenvalue weighted by Crippen LogP contribution is 2.00. The van der Waals surface area contributed by atoms with Crippen molar-refractivity contribution in [1.29, 1.82) is 0 Å². The molecule has 0 aromatic rings. The van der Waals surface area contributed by atoms with Crippen LogP contribution in [0.5, 0.6) is 0 Å². The fourth-order valence-electron chi connectivity index (χ4n) is 0.794. The number of halogens is 3. The van der Waals surface area contributed by atoms with Gasteiger partial charge in [-0.15, -0.1) is 37.2 Å². The summed E-state index contributed by atoms with van der Waals surface area (Å²) in [5.41, 5.74) is 0. The Bertz CT molecular complexity index is 108. The summed E-state index contributed by atoms with van der Waals surface area (Å²) >= 11 is 0. The lowest BCUT2D eigenvalue weighted by Crippen LogP contribution is -2.21. The van der Waals surface area contributed by atoms with Crippen LogP contribution in [0.1, 0.15) is 6.92 Å². The molecule has 0 radical (unpaired) electrons. The van der Waals surface area contributed by atoms with E-state index >= 15 is 0 Å². The maximum Gasteiger partial charge on any atom is 0.0890 e. The first-order chi connectivity index (χ1) is 3.83. The summed E-state index contributed by atoms with van der Waals surface area (Å²) in [5, 5.41) is 0. The fourth-order valence-corrected chi connectivity index (χ4v) is 0.794. The SMILES string of the molecule is CCN1C=CN(C)C1.Cl.Cl.Cl. The zero-order valence-electron chi connectivity index (χ0n) is 6.69. The second-order valence-electron chi connectivity index (χ2n) is 2.10. The van der Waals surface area contributed by atoms with Crippen molar-refractivity contribution in [2.75, 3.05) is 20.3 Å². The van der Waals surface area contributed by atoms with E-state index in [1.54, 1.807) is 0 Å². The van der Waals surface area contributed by atoms with Gasteiger partial charge in [-0.1, -0.05) is 0 Å². The lowest BCUT2D eigenvalue weighted by molar-refractivity contribution is 0.308. The van der Waals surface area contributed by atoms with Crippen LogP contribution in [-0.2, 0) is 0 Å². The van der Waals surface area contributed by atoms with Crippen LogP contribution in [0.2, 0.25) is 0 Å². The molecule has 0 atom stereocenters. The Morgan fingerprint density at radius 2 is 1.73 bits per heavy atom. The third kappa shape index (κ3) is 5.48. The van der Waals surface area contributed by atoms with E-state index in [2.05, 4.69) is 36.2 Å². The monoisotopic (exact) mass is 220 g/mol. The van der Waals surface area contributed by atoms with Gasteiger partial charge in [0.25, 0.3) is 0 Å². The van der Waals surface area contributed by atoms with Crippen molar-refractivity contribution < 1.29 is 0 Å². The molecule has 1 rings (SSSR count). The summed E-state index contributed by atoms with van der Waals surface area (Å²) < 4.78 is 0. The van der Waals surface area contributed by atoms with Gasteiger partial charge in [-0.3, -0.25) is 0 Å². The molecule has 0 saturated heterocycles. The van der Waals surface area contributed by atoms with Gasteiger partial charge in [0, 0.05) is 26.0 Å². The van der Waals surface area contributed by atoms with Crippen molar-refractivity contribution in [2.24, 2.45) is 0 Å². The molecule has 11 heavy (non-hydrogen) atoms. The summed E-state index contributed by atoms with van der Waals surface area (Å²) in [5.74, 6) is 0. The van der Waals surface area contributed by atoms with E-state index in [1.165, 1.54) is 0 Å². The molecule has 0 aromatic carbocycles. The van der Waals surface area contributed by atoms with Gasteiger partial charge < -0.3 is 9.80 Å². The predicted octanol–water partition coefficient (Wildman–Crippen LogP) is 1.95. The van der Waals surface area contributed by atoms with E-state index in [4.69, 9.17) is 0 Å². The highest BCUT2D eigenvalue weighted by molar-refractivity contribution is 5.86. The lowest BCUT2D eigenvalue weighted by atomic mass is 10.6. The number of nitrogens with zero attached hydrogens (tertiary/aromatic N) is 2. The molecule has 1 aliphatic rings. The van der Waals surface area contributed by atoms with Gasteiger partial charge >= 0.3 is 0 Å². The van der Waals surface area contributed by atoms with Crippen molar-refractivity contribution in [3.05, 3.63) is 12.4 Å². The Hall–Kier alpha value is 0.210. The largest absolute Gasteiger partial charge is 0.362 e. The highest BCUT2D eigenvalue weighted by Gasteiger charge is 2.03. The first kappa shape index (κ1) is 17.3. The minimum atomic E-state index is 0. The number of hydrogen-bond acceptors (Lipinski definition) is 2. The second-order valence-corrected chi connectivity index (χ2v) is 2.10. The van der Waals surface area contributed by atoms with Crippen LogP contribution in [0.25, 0.3) is 0 Å². The minimum absolute atomic E-state index is 0. The summed E-state index contributed by atoms with van der Waals surface area (Å²) in [7, 11) is 2.08. The summed E-state index contributed by atoms with van der Waals surface area (Å²) in [6.45, 7) is 4.32. The summed E-state index contributed by atoms with van der Waals surface area (Å²) in [4.78, 5) is 4.41. The fraction of sp³-hybridized carbons (Fsp3) is 0.667. The normalized spacial score (nSPS) is 13.3. The van der Waals surface area contributed by atoms with Gasteiger partial charge in [0.2, 0.25) is 0 Å². The van der Waals surface area contributed by atoms with Crippen LogP contribution in [0, 0.1) is 0 Å². The van der Waals surface area contributed by atoms with Gasteiger partial charge in [-0.25, -0.2) is 0 Å². The molecule has 1 aliphatic heterocycles. The number of hydrogen-bond donors (Lipinski definition) is 0. The second kappa shape index (κ2) is 8.31. The molecule has 0 N–H and O–H groups in total. The molecule has 70 valence electrons. The Morgan fingerprint density at radius 1 is 1.18 bits per heavy atom. The Balaban J connectivity index is -0.000000213. The van der Waals surface area contributed by atoms with E-state index in [0.717, 1.165) is 13.2 Å². The smallest absolute Gasteiger partial charge is 0.0890 e. The summed E-state index contributed by atoms with van der Waals surface area (Å²) in [6, 6.07) is 0. The first-order valence-electron chi connectivity index (χ1n) is 2.95. The molecule has 0 saturated carbocycles. The van der Waals surface area contributed by atoms with Crippen LogP contribution in [0.4, 0.5) is 0 Å². The van der Waals surface area contributed by atoms with E-state index in [9.17, 15) is 0 Å². The van der Waals surface area contributed by atoms with Crippen LogP contribution in [0.3, 0.4) is 0 Å². The minimum Gasteiger partial charge on any atom is -0.362 e. The van der Waals surface area contributed by atoms with Crippen LogP contribution in [0.15, 0.2) is 12.4 Å². The molecular weight excluding hydrogens is 206 g/mol. The third-order valence-electron chi connectivity index (χ3n) is 1.34. The van der Waals surface area contributed by atoms with Gasteiger partial charge in [-0.2, -0.15) is 0 Å². The van der Waals surface area contributed by atoms with Gasteiger partial charge in [0.1, 0.15) is 0 Å². The topological polar surface area (TPSA) is 6.48 Å². The zero-order chi connectivity index (χ0) is 5.98. The van der Waals surface area contributed by atoms with E-state index in [0.29, 0.717) is 0 Å². The van der Waals surface area contributed by atoms with Gasteiger partial charge in [0.15, 0.2) is 0 Å². The molecule has 0 aliphatic carbocycles. The Morgan fingerprint density at radius 3 is 1.91 bits per heavy atom. The van der Waals surface area contributed by atoms with Crippen LogP contribution >= 0.6 is 37.2 Å².